The van der Waals surface area contributed by atoms with Crippen molar-refractivity contribution in [1.82, 2.24) is 4.90 Å². The molecule has 1 unspecified atom stereocenters. The SMILES string of the molecule is CCCN(CCC)C(=O)c1cccc(NC(=O)CNc2cccc(OCC3CCCO3)c2)c1. The Morgan fingerprint density at radius 3 is 2.55 bits per heavy atom. The van der Waals surface area contributed by atoms with Gasteiger partial charge in [0.25, 0.3) is 5.91 Å². The van der Waals surface area contributed by atoms with Gasteiger partial charge in [0.2, 0.25) is 5.91 Å². The summed E-state index contributed by atoms with van der Waals surface area (Å²) in [5, 5.41) is 5.99. The van der Waals surface area contributed by atoms with E-state index in [1.165, 1.54) is 0 Å². The fourth-order valence-corrected chi connectivity index (χ4v) is 3.82. The molecule has 1 saturated heterocycles. The number of ether oxygens (including phenoxy) is 2. The van der Waals surface area contributed by atoms with Crippen LogP contribution in [-0.2, 0) is 9.53 Å². The van der Waals surface area contributed by atoms with Gasteiger partial charge in [-0.1, -0.05) is 26.0 Å². The van der Waals surface area contributed by atoms with Crippen molar-refractivity contribution >= 4 is 23.2 Å². The minimum absolute atomic E-state index is 0.00672. The quantitative estimate of drug-likeness (QED) is 0.493. The van der Waals surface area contributed by atoms with Crippen molar-refractivity contribution < 1.29 is 19.1 Å². The highest BCUT2D eigenvalue weighted by molar-refractivity contribution is 5.98. The van der Waals surface area contributed by atoms with Gasteiger partial charge < -0.3 is 25.0 Å². The fourth-order valence-electron chi connectivity index (χ4n) is 3.82. The van der Waals surface area contributed by atoms with E-state index >= 15 is 0 Å². The second-order valence-electron chi connectivity index (χ2n) is 8.25. The standard InChI is InChI=1S/C26H35N3O4/c1-3-13-29(14-4-2)26(31)20-8-5-10-22(16-20)28-25(30)18-27-21-9-6-11-23(17-21)33-19-24-12-7-15-32-24/h5-6,8-11,16-17,24,27H,3-4,7,12-15,18-19H2,1-2H3,(H,28,30). The molecule has 1 aliphatic heterocycles. The third kappa shape index (κ3) is 7.79. The minimum atomic E-state index is -0.191. The van der Waals surface area contributed by atoms with E-state index in [1.807, 2.05) is 29.2 Å². The maximum Gasteiger partial charge on any atom is 0.253 e. The Bertz CT molecular complexity index is 906. The molecule has 2 aromatic carbocycles. The van der Waals surface area contributed by atoms with Crippen LogP contribution in [0, 0.1) is 0 Å². The van der Waals surface area contributed by atoms with Crippen molar-refractivity contribution in [2.24, 2.45) is 0 Å². The third-order valence-electron chi connectivity index (χ3n) is 5.41. The first-order chi connectivity index (χ1) is 16.1. The van der Waals surface area contributed by atoms with Gasteiger partial charge in [0.1, 0.15) is 12.4 Å². The Hall–Kier alpha value is -3.06. The second-order valence-corrected chi connectivity index (χ2v) is 8.25. The van der Waals surface area contributed by atoms with Crippen LogP contribution in [0.1, 0.15) is 49.9 Å². The maximum atomic E-state index is 12.8. The van der Waals surface area contributed by atoms with Crippen LogP contribution in [0.3, 0.4) is 0 Å². The second kappa shape index (κ2) is 12.8. The predicted molar refractivity (Wildman–Crippen MR) is 131 cm³/mol. The summed E-state index contributed by atoms with van der Waals surface area (Å²) in [7, 11) is 0. The van der Waals surface area contributed by atoms with E-state index in [2.05, 4.69) is 24.5 Å². The molecule has 3 rings (SSSR count). The molecule has 33 heavy (non-hydrogen) atoms. The number of hydrogen-bond acceptors (Lipinski definition) is 5. The molecule has 1 aliphatic rings. The van der Waals surface area contributed by atoms with E-state index in [0.29, 0.717) is 17.9 Å². The van der Waals surface area contributed by atoms with Gasteiger partial charge in [-0.15, -0.1) is 0 Å². The van der Waals surface area contributed by atoms with Crippen molar-refractivity contribution in [3.63, 3.8) is 0 Å². The average Bonchev–Trinajstić information content (AvgIpc) is 3.35. The molecule has 1 fully saturated rings. The van der Waals surface area contributed by atoms with Crippen LogP contribution in [-0.4, -0.2) is 55.7 Å². The van der Waals surface area contributed by atoms with Gasteiger partial charge in [0.05, 0.1) is 12.6 Å². The Labute approximate surface area is 196 Å². The normalized spacial score (nSPS) is 15.2. The molecule has 0 bridgehead atoms. The molecule has 178 valence electrons. The van der Waals surface area contributed by atoms with Crippen LogP contribution in [0.15, 0.2) is 48.5 Å². The van der Waals surface area contributed by atoms with E-state index in [1.54, 1.807) is 24.3 Å². The van der Waals surface area contributed by atoms with Gasteiger partial charge in [-0.05, 0) is 56.0 Å². The van der Waals surface area contributed by atoms with Gasteiger partial charge in [0.15, 0.2) is 0 Å². The van der Waals surface area contributed by atoms with Crippen LogP contribution in [0.5, 0.6) is 5.75 Å². The Morgan fingerprint density at radius 1 is 1.06 bits per heavy atom. The number of anilines is 2. The van der Waals surface area contributed by atoms with E-state index < -0.39 is 0 Å². The monoisotopic (exact) mass is 453 g/mol. The van der Waals surface area contributed by atoms with Crippen LogP contribution in [0.25, 0.3) is 0 Å². The minimum Gasteiger partial charge on any atom is -0.491 e. The number of nitrogens with one attached hydrogen (secondary N) is 2. The Kier molecular flexibility index (Phi) is 9.57. The lowest BCUT2D eigenvalue weighted by atomic mass is 10.1. The predicted octanol–water partition coefficient (Wildman–Crippen LogP) is 4.56. The summed E-state index contributed by atoms with van der Waals surface area (Å²) in [4.78, 5) is 27.2. The van der Waals surface area contributed by atoms with Crippen LogP contribution >= 0.6 is 0 Å². The summed E-state index contributed by atoms with van der Waals surface area (Å²) in [5.74, 6) is 0.544. The number of nitrogens with zero attached hydrogens (tertiary/aromatic N) is 1. The van der Waals surface area contributed by atoms with Gasteiger partial charge in [0, 0.05) is 42.7 Å². The van der Waals surface area contributed by atoms with Crippen LogP contribution in [0.4, 0.5) is 11.4 Å². The zero-order valence-electron chi connectivity index (χ0n) is 19.6. The average molecular weight is 454 g/mol. The number of hydrogen-bond donors (Lipinski definition) is 2. The van der Waals surface area contributed by atoms with E-state index in [9.17, 15) is 9.59 Å². The molecule has 2 aromatic rings. The third-order valence-corrected chi connectivity index (χ3v) is 5.41. The van der Waals surface area contributed by atoms with Crippen molar-refractivity contribution in [2.75, 3.05) is 43.5 Å². The van der Waals surface area contributed by atoms with Gasteiger partial charge in [-0.3, -0.25) is 9.59 Å². The van der Waals surface area contributed by atoms with Crippen molar-refractivity contribution in [2.45, 2.75) is 45.6 Å². The van der Waals surface area contributed by atoms with Gasteiger partial charge in [-0.25, -0.2) is 0 Å². The number of rotatable bonds is 12. The summed E-state index contributed by atoms with van der Waals surface area (Å²) in [6.07, 6.45) is 4.09. The molecule has 1 heterocycles. The molecule has 7 nitrogen and oxygen atoms in total. The molecular formula is C26H35N3O4. The lowest BCUT2D eigenvalue weighted by Crippen LogP contribution is -2.32. The summed E-state index contributed by atoms with van der Waals surface area (Å²) >= 11 is 0. The molecule has 2 N–H and O–H groups in total. The first-order valence-corrected chi connectivity index (χ1v) is 11.9. The first-order valence-electron chi connectivity index (χ1n) is 11.9. The maximum absolute atomic E-state index is 12.8. The lowest BCUT2D eigenvalue weighted by molar-refractivity contribution is -0.114. The highest BCUT2D eigenvalue weighted by Gasteiger charge is 2.16. The fraction of sp³-hybridized carbons (Fsp3) is 0.462. The summed E-state index contributed by atoms with van der Waals surface area (Å²) in [5.41, 5.74) is 1.99. The number of carbonyl (C=O) groups is 2. The summed E-state index contributed by atoms with van der Waals surface area (Å²) < 4.78 is 11.4. The largest absolute Gasteiger partial charge is 0.491 e. The molecule has 0 saturated carbocycles. The van der Waals surface area contributed by atoms with Crippen molar-refractivity contribution in [3.8, 4) is 5.75 Å². The number of amides is 2. The molecule has 0 radical (unpaired) electrons. The van der Waals surface area contributed by atoms with Gasteiger partial charge in [-0.2, -0.15) is 0 Å². The zero-order chi connectivity index (χ0) is 23.5. The van der Waals surface area contributed by atoms with Crippen LogP contribution in [0.2, 0.25) is 0 Å². The lowest BCUT2D eigenvalue weighted by Gasteiger charge is -2.21. The molecule has 1 atom stereocenters. The molecule has 7 heteroatoms. The molecular weight excluding hydrogens is 418 g/mol. The highest BCUT2D eigenvalue weighted by Crippen LogP contribution is 2.20. The van der Waals surface area contributed by atoms with Crippen molar-refractivity contribution in [1.29, 1.82) is 0 Å². The number of carbonyl (C=O) groups excluding carboxylic acids is 2. The first kappa shape index (κ1) is 24.6. The zero-order valence-corrected chi connectivity index (χ0v) is 19.6. The molecule has 2 amide bonds. The van der Waals surface area contributed by atoms with Crippen molar-refractivity contribution in [3.05, 3.63) is 54.1 Å². The van der Waals surface area contributed by atoms with E-state index in [0.717, 1.165) is 56.8 Å². The topological polar surface area (TPSA) is 79.9 Å². The Balaban J connectivity index is 1.51. The van der Waals surface area contributed by atoms with E-state index in [-0.39, 0.29) is 24.5 Å². The molecule has 0 aromatic heterocycles. The van der Waals surface area contributed by atoms with Crippen LogP contribution < -0.4 is 15.4 Å². The summed E-state index contributed by atoms with van der Waals surface area (Å²) in [6.45, 7) is 7.01. The highest BCUT2D eigenvalue weighted by atomic mass is 16.5. The smallest absolute Gasteiger partial charge is 0.253 e. The number of benzene rings is 2. The molecule has 0 spiro atoms. The van der Waals surface area contributed by atoms with E-state index in [4.69, 9.17) is 9.47 Å². The van der Waals surface area contributed by atoms with Gasteiger partial charge >= 0.3 is 0 Å². The molecule has 0 aliphatic carbocycles. The summed E-state index contributed by atoms with van der Waals surface area (Å²) in [6, 6.07) is 14.6. The Morgan fingerprint density at radius 2 is 1.82 bits per heavy atom.